The van der Waals surface area contributed by atoms with Crippen molar-refractivity contribution in [1.82, 2.24) is 5.32 Å². The lowest BCUT2D eigenvalue weighted by atomic mass is 9.98. The fourth-order valence-electron chi connectivity index (χ4n) is 1.55. The Kier molecular flexibility index (Phi) is 4.05. The van der Waals surface area contributed by atoms with Crippen LogP contribution >= 0.6 is 0 Å². The second-order valence-corrected chi connectivity index (χ2v) is 3.74. The number of nitrogens with one attached hydrogen (secondary N) is 1. The zero-order valence-corrected chi connectivity index (χ0v) is 9.36. The fourth-order valence-corrected chi connectivity index (χ4v) is 1.55. The molecule has 1 atom stereocenters. The Morgan fingerprint density at radius 3 is 2.75 bits per heavy atom. The van der Waals surface area contributed by atoms with Gasteiger partial charge in [0.1, 0.15) is 6.04 Å². The van der Waals surface area contributed by atoms with E-state index in [4.69, 9.17) is 5.11 Å². The van der Waals surface area contributed by atoms with E-state index in [1.54, 1.807) is 0 Å². The van der Waals surface area contributed by atoms with E-state index >= 15 is 0 Å². The highest BCUT2D eigenvalue weighted by atomic mass is 16.4. The van der Waals surface area contributed by atoms with Crippen molar-refractivity contribution in [3.8, 4) is 0 Å². The van der Waals surface area contributed by atoms with Crippen LogP contribution in [-0.2, 0) is 16.0 Å². The molecule has 1 unspecified atom stereocenters. The molecule has 86 valence electrons. The van der Waals surface area contributed by atoms with Gasteiger partial charge in [0, 0.05) is 6.42 Å². The van der Waals surface area contributed by atoms with Crippen LogP contribution in [0.15, 0.2) is 18.2 Å². The Bertz CT molecular complexity index is 401. The largest absolute Gasteiger partial charge is 0.480 e. The summed E-state index contributed by atoms with van der Waals surface area (Å²) in [6.07, 6.45) is 0.728. The number of carbonyl (C=O) groups excluding carboxylic acids is 1. The lowest BCUT2D eigenvalue weighted by molar-refractivity contribution is -0.140. The van der Waals surface area contributed by atoms with Crippen molar-refractivity contribution in [3.63, 3.8) is 0 Å². The molecule has 16 heavy (non-hydrogen) atoms. The molecule has 0 saturated heterocycles. The molecule has 4 nitrogen and oxygen atoms in total. The van der Waals surface area contributed by atoms with Gasteiger partial charge in [0.25, 0.3) is 0 Å². The first-order chi connectivity index (χ1) is 7.56. The Labute approximate surface area is 94.3 Å². The maximum atomic E-state index is 10.9. The molecule has 4 heteroatoms. The lowest BCUT2D eigenvalue weighted by Crippen LogP contribution is -2.37. The van der Waals surface area contributed by atoms with Crippen LogP contribution in [0.25, 0.3) is 0 Å². The average molecular weight is 221 g/mol. The average Bonchev–Trinajstić information content (AvgIpc) is 2.23. The molecular weight excluding hydrogens is 206 g/mol. The van der Waals surface area contributed by atoms with E-state index < -0.39 is 12.0 Å². The van der Waals surface area contributed by atoms with Gasteiger partial charge in [-0.2, -0.15) is 0 Å². The Morgan fingerprint density at radius 2 is 2.19 bits per heavy atom. The standard InChI is InChI=1S/C12H15NO3/c1-8-4-3-5-10(9(8)2)6-11(12(15)16)13-7-14/h3-5,7,11H,6H2,1-2H3,(H,13,14)(H,15,16). The molecule has 0 aliphatic carbocycles. The van der Waals surface area contributed by atoms with Gasteiger partial charge in [0.15, 0.2) is 0 Å². The van der Waals surface area contributed by atoms with Gasteiger partial charge in [-0.1, -0.05) is 18.2 Å². The number of carboxylic acid groups (broad SMARTS) is 1. The van der Waals surface area contributed by atoms with Crippen molar-refractivity contribution in [1.29, 1.82) is 0 Å². The molecule has 0 saturated carbocycles. The van der Waals surface area contributed by atoms with Gasteiger partial charge < -0.3 is 10.4 Å². The van der Waals surface area contributed by atoms with E-state index in [2.05, 4.69) is 5.32 Å². The van der Waals surface area contributed by atoms with E-state index in [1.165, 1.54) is 0 Å². The molecule has 1 aromatic rings. The minimum Gasteiger partial charge on any atom is -0.480 e. The summed E-state index contributed by atoms with van der Waals surface area (Å²) >= 11 is 0. The van der Waals surface area contributed by atoms with E-state index in [9.17, 15) is 9.59 Å². The number of amides is 1. The first-order valence-corrected chi connectivity index (χ1v) is 5.04. The summed E-state index contributed by atoms with van der Waals surface area (Å²) in [5.41, 5.74) is 3.14. The van der Waals surface area contributed by atoms with Crippen LogP contribution < -0.4 is 5.32 Å². The second-order valence-electron chi connectivity index (χ2n) is 3.74. The van der Waals surface area contributed by atoms with Crippen molar-refractivity contribution in [3.05, 3.63) is 34.9 Å². The highest BCUT2D eigenvalue weighted by Crippen LogP contribution is 2.14. The molecule has 0 fully saturated rings. The predicted octanol–water partition coefficient (Wildman–Crippen LogP) is 1.05. The number of carboxylic acids is 1. The van der Waals surface area contributed by atoms with E-state index in [-0.39, 0.29) is 0 Å². The normalized spacial score (nSPS) is 11.9. The molecule has 0 aliphatic rings. The zero-order chi connectivity index (χ0) is 12.1. The minimum absolute atomic E-state index is 0.307. The first-order valence-electron chi connectivity index (χ1n) is 5.04. The summed E-state index contributed by atoms with van der Waals surface area (Å²) in [7, 11) is 0. The Morgan fingerprint density at radius 1 is 1.50 bits per heavy atom. The predicted molar refractivity (Wildman–Crippen MR) is 60.2 cm³/mol. The van der Waals surface area contributed by atoms with Crippen LogP contribution in [0.4, 0.5) is 0 Å². The van der Waals surface area contributed by atoms with Gasteiger partial charge in [-0.25, -0.2) is 4.79 Å². The van der Waals surface area contributed by atoms with Crippen molar-refractivity contribution >= 4 is 12.4 Å². The van der Waals surface area contributed by atoms with Gasteiger partial charge in [-0.05, 0) is 30.5 Å². The zero-order valence-electron chi connectivity index (χ0n) is 9.36. The van der Waals surface area contributed by atoms with Crippen molar-refractivity contribution < 1.29 is 14.7 Å². The van der Waals surface area contributed by atoms with Crippen LogP contribution in [-0.4, -0.2) is 23.5 Å². The molecule has 0 bridgehead atoms. The van der Waals surface area contributed by atoms with Gasteiger partial charge in [0.05, 0.1) is 0 Å². The summed E-state index contributed by atoms with van der Waals surface area (Å²) in [6.45, 7) is 3.92. The highest BCUT2D eigenvalue weighted by Gasteiger charge is 2.17. The third-order valence-corrected chi connectivity index (χ3v) is 2.71. The molecule has 2 N–H and O–H groups in total. The molecular formula is C12H15NO3. The van der Waals surface area contributed by atoms with Gasteiger partial charge >= 0.3 is 5.97 Å². The van der Waals surface area contributed by atoms with Crippen molar-refractivity contribution in [2.75, 3.05) is 0 Å². The van der Waals surface area contributed by atoms with Crippen LogP contribution in [0, 0.1) is 13.8 Å². The fraction of sp³-hybridized carbons (Fsp3) is 0.333. The Balaban J connectivity index is 2.89. The lowest BCUT2D eigenvalue weighted by Gasteiger charge is -2.14. The summed E-state index contributed by atoms with van der Waals surface area (Å²) in [5, 5.41) is 11.2. The SMILES string of the molecule is Cc1cccc(CC(NC=O)C(=O)O)c1C. The monoisotopic (exact) mass is 221 g/mol. The van der Waals surface area contributed by atoms with Gasteiger partial charge in [0.2, 0.25) is 6.41 Å². The van der Waals surface area contributed by atoms with Gasteiger partial charge in [-0.15, -0.1) is 0 Å². The molecule has 0 aromatic heterocycles. The maximum Gasteiger partial charge on any atom is 0.326 e. The van der Waals surface area contributed by atoms with Crippen LogP contribution in [0.3, 0.4) is 0 Å². The van der Waals surface area contributed by atoms with E-state index in [0.717, 1.165) is 16.7 Å². The molecule has 0 spiro atoms. The molecule has 1 amide bonds. The molecule has 1 rings (SSSR count). The summed E-state index contributed by atoms with van der Waals surface area (Å²) in [5.74, 6) is -1.02. The third kappa shape index (κ3) is 2.82. The van der Waals surface area contributed by atoms with Crippen LogP contribution in [0.5, 0.6) is 0 Å². The molecule has 0 aliphatic heterocycles. The molecule has 0 heterocycles. The molecule has 0 radical (unpaired) electrons. The summed E-state index contributed by atoms with van der Waals surface area (Å²) in [4.78, 5) is 21.2. The first kappa shape index (κ1) is 12.2. The van der Waals surface area contributed by atoms with Crippen molar-refractivity contribution in [2.24, 2.45) is 0 Å². The van der Waals surface area contributed by atoms with E-state index in [1.807, 2.05) is 32.0 Å². The van der Waals surface area contributed by atoms with Crippen LogP contribution in [0.1, 0.15) is 16.7 Å². The smallest absolute Gasteiger partial charge is 0.326 e. The summed E-state index contributed by atoms with van der Waals surface area (Å²) in [6, 6.07) is 4.88. The third-order valence-electron chi connectivity index (χ3n) is 2.71. The molecule has 1 aromatic carbocycles. The summed E-state index contributed by atoms with van der Waals surface area (Å²) < 4.78 is 0. The quantitative estimate of drug-likeness (QED) is 0.730. The number of rotatable bonds is 5. The minimum atomic E-state index is -1.02. The van der Waals surface area contributed by atoms with Crippen LogP contribution in [0.2, 0.25) is 0 Å². The second kappa shape index (κ2) is 5.30. The van der Waals surface area contributed by atoms with Gasteiger partial charge in [-0.3, -0.25) is 4.79 Å². The number of aliphatic carboxylic acids is 1. The topological polar surface area (TPSA) is 66.4 Å². The number of benzene rings is 1. The number of aryl methyl sites for hydroxylation is 1. The maximum absolute atomic E-state index is 10.9. The van der Waals surface area contributed by atoms with E-state index in [0.29, 0.717) is 12.8 Å². The number of hydrogen-bond donors (Lipinski definition) is 2. The number of carbonyl (C=O) groups is 2. The Hall–Kier alpha value is -1.84. The number of hydrogen-bond acceptors (Lipinski definition) is 2. The van der Waals surface area contributed by atoms with Crippen molar-refractivity contribution in [2.45, 2.75) is 26.3 Å². The highest BCUT2D eigenvalue weighted by molar-refractivity contribution is 5.76.